The molecule has 112 valence electrons. The highest BCUT2D eigenvalue weighted by Crippen LogP contribution is 2.43. The Morgan fingerprint density at radius 2 is 1.76 bits per heavy atom. The lowest BCUT2D eigenvalue weighted by atomic mass is 9.67. The number of fused-ring (bicyclic) bond motifs is 2. The van der Waals surface area contributed by atoms with Crippen LogP contribution in [-0.2, 0) is 9.59 Å². The molecule has 1 amide bonds. The topological polar surface area (TPSA) is 72.0 Å². The predicted octanol–water partition coefficient (Wildman–Crippen LogP) is 2.75. The van der Waals surface area contributed by atoms with Crippen LogP contribution < -0.4 is 5.32 Å². The number of carbonyl (C=O) groups excluding carboxylic acids is 2. The maximum absolute atomic E-state index is 12.4. The summed E-state index contributed by atoms with van der Waals surface area (Å²) in [6.45, 7) is 0. The molecule has 1 aromatic heterocycles. The summed E-state index contributed by atoms with van der Waals surface area (Å²) in [7, 11) is 0. The third-order valence-corrected chi connectivity index (χ3v) is 6.02. The molecular weight excluding hydrogens is 286 g/mol. The second kappa shape index (κ2) is 5.16. The van der Waals surface area contributed by atoms with Crippen molar-refractivity contribution in [1.82, 2.24) is 10.2 Å². The number of hydrogen-bond donors (Lipinski definition) is 1. The summed E-state index contributed by atoms with van der Waals surface area (Å²) in [4.78, 5) is 24.5. The average Bonchev–Trinajstić information content (AvgIpc) is 3.19. The highest BCUT2D eigenvalue weighted by Gasteiger charge is 2.41. The number of nitrogens with one attached hydrogen (secondary N) is 1. The van der Waals surface area contributed by atoms with Gasteiger partial charge in [0.2, 0.25) is 11.0 Å². The number of carbonyl (C=O) groups is 2. The van der Waals surface area contributed by atoms with Crippen LogP contribution in [0.15, 0.2) is 0 Å². The number of Topliss-reactive ketones (excluding diaryl/α,β-unsaturated/α-hetero) is 1. The molecule has 1 aromatic rings. The summed E-state index contributed by atoms with van der Waals surface area (Å²) in [5.41, 5.74) is 0. The number of hydrogen-bond acceptors (Lipinski definition) is 5. The minimum absolute atomic E-state index is 0.0258. The molecule has 0 spiro atoms. The van der Waals surface area contributed by atoms with Crippen molar-refractivity contribution in [3.63, 3.8) is 0 Å². The van der Waals surface area contributed by atoms with Gasteiger partial charge in [-0.1, -0.05) is 17.8 Å². The summed E-state index contributed by atoms with van der Waals surface area (Å²) in [6.07, 6.45) is 6.88. The van der Waals surface area contributed by atoms with Gasteiger partial charge in [0, 0.05) is 23.7 Å². The van der Waals surface area contributed by atoms with Crippen LogP contribution in [0.5, 0.6) is 0 Å². The molecule has 6 heteroatoms. The Hall–Kier alpha value is -1.30. The second-order valence-electron chi connectivity index (χ2n) is 6.60. The Balaban J connectivity index is 1.41. The fraction of sp³-hybridized carbons (Fsp3) is 0.733. The molecule has 3 fully saturated rings. The molecule has 1 N–H and O–H groups in total. The molecule has 0 aromatic carbocycles. The summed E-state index contributed by atoms with van der Waals surface area (Å²) in [5, 5.41) is 12.8. The predicted molar refractivity (Wildman–Crippen MR) is 79.1 cm³/mol. The van der Waals surface area contributed by atoms with Crippen LogP contribution in [0, 0.1) is 17.8 Å². The van der Waals surface area contributed by atoms with Crippen LogP contribution >= 0.6 is 11.3 Å². The van der Waals surface area contributed by atoms with Gasteiger partial charge >= 0.3 is 0 Å². The van der Waals surface area contributed by atoms with Gasteiger partial charge in [-0.3, -0.25) is 9.59 Å². The van der Waals surface area contributed by atoms with E-state index in [-0.39, 0.29) is 23.7 Å². The van der Waals surface area contributed by atoms with Crippen molar-refractivity contribution >= 4 is 28.2 Å². The molecule has 5 nitrogen and oxygen atoms in total. The number of anilines is 1. The van der Waals surface area contributed by atoms with Crippen molar-refractivity contribution in [2.45, 2.75) is 50.9 Å². The van der Waals surface area contributed by atoms with E-state index in [0.717, 1.165) is 37.1 Å². The number of amides is 1. The molecule has 4 rings (SSSR count). The zero-order valence-corrected chi connectivity index (χ0v) is 12.7. The highest BCUT2D eigenvalue weighted by atomic mass is 32.1. The van der Waals surface area contributed by atoms with Crippen LogP contribution in [0.4, 0.5) is 5.13 Å². The van der Waals surface area contributed by atoms with Crippen molar-refractivity contribution in [3.8, 4) is 0 Å². The van der Waals surface area contributed by atoms with E-state index in [1.165, 1.54) is 24.2 Å². The van der Waals surface area contributed by atoms with Gasteiger partial charge in [-0.15, -0.1) is 10.2 Å². The summed E-state index contributed by atoms with van der Waals surface area (Å²) < 4.78 is 0. The zero-order valence-electron chi connectivity index (χ0n) is 11.9. The maximum atomic E-state index is 12.4. The Kier molecular flexibility index (Phi) is 3.28. The van der Waals surface area contributed by atoms with Gasteiger partial charge in [-0.25, -0.2) is 0 Å². The number of ketones is 1. The number of nitrogens with zero attached hydrogens (tertiary/aromatic N) is 2. The molecule has 0 radical (unpaired) electrons. The molecule has 3 saturated carbocycles. The first-order chi connectivity index (χ1) is 10.2. The van der Waals surface area contributed by atoms with Gasteiger partial charge in [0.25, 0.3) is 0 Å². The van der Waals surface area contributed by atoms with Crippen LogP contribution in [-0.4, -0.2) is 21.9 Å². The Morgan fingerprint density at radius 1 is 1.05 bits per heavy atom. The van der Waals surface area contributed by atoms with Crippen molar-refractivity contribution in [3.05, 3.63) is 5.01 Å². The molecule has 3 aliphatic rings. The Labute approximate surface area is 127 Å². The SMILES string of the molecule is O=C(Nc1nnc(C2CC2)s1)C1CC2CCCC(C1)C2=O. The first-order valence-electron chi connectivity index (χ1n) is 7.88. The fourth-order valence-electron chi connectivity index (χ4n) is 3.68. The monoisotopic (exact) mass is 305 g/mol. The lowest BCUT2D eigenvalue weighted by Gasteiger charge is -2.36. The largest absolute Gasteiger partial charge is 0.300 e. The first-order valence-corrected chi connectivity index (χ1v) is 8.70. The second-order valence-corrected chi connectivity index (χ2v) is 7.61. The minimum Gasteiger partial charge on any atom is -0.300 e. The molecule has 3 aliphatic carbocycles. The van der Waals surface area contributed by atoms with Gasteiger partial charge < -0.3 is 5.32 Å². The summed E-state index contributed by atoms with van der Waals surface area (Å²) in [5.74, 6) is 1.19. The van der Waals surface area contributed by atoms with Crippen LogP contribution in [0.1, 0.15) is 55.9 Å². The van der Waals surface area contributed by atoms with E-state index in [2.05, 4.69) is 15.5 Å². The van der Waals surface area contributed by atoms with Crippen molar-refractivity contribution < 1.29 is 9.59 Å². The minimum atomic E-state index is -0.0359. The van der Waals surface area contributed by atoms with Gasteiger partial charge in [-0.2, -0.15) is 0 Å². The number of rotatable bonds is 3. The first kappa shape index (κ1) is 13.4. The lowest BCUT2D eigenvalue weighted by Crippen LogP contribution is -2.40. The Morgan fingerprint density at radius 3 is 2.43 bits per heavy atom. The van der Waals surface area contributed by atoms with Gasteiger partial charge in [-0.05, 0) is 38.5 Å². The molecule has 2 unspecified atom stereocenters. The van der Waals surface area contributed by atoms with E-state index in [1.807, 2.05) is 0 Å². The van der Waals surface area contributed by atoms with E-state index in [1.54, 1.807) is 0 Å². The van der Waals surface area contributed by atoms with Crippen LogP contribution in [0.25, 0.3) is 0 Å². The van der Waals surface area contributed by atoms with Crippen molar-refractivity contribution in [2.24, 2.45) is 17.8 Å². The molecule has 21 heavy (non-hydrogen) atoms. The van der Waals surface area contributed by atoms with Gasteiger partial charge in [0.1, 0.15) is 10.8 Å². The van der Waals surface area contributed by atoms with Crippen molar-refractivity contribution in [2.75, 3.05) is 5.32 Å². The van der Waals surface area contributed by atoms with E-state index in [4.69, 9.17) is 0 Å². The third kappa shape index (κ3) is 2.61. The third-order valence-electron chi connectivity index (χ3n) is 5.02. The highest BCUT2D eigenvalue weighted by molar-refractivity contribution is 7.15. The molecule has 0 aliphatic heterocycles. The fourth-order valence-corrected chi connectivity index (χ4v) is 4.60. The standard InChI is InChI=1S/C15H19N3O2S/c19-12-9-2-1-3-10(12)7-11(6-9)13(20)16-15-18-17-14(21-15)8-4-5-8/h8-11H,1-7H2,(H,16,18,20). The molecular formula is C15H19N3O2S. The lowest BCUT2D eigenvalue weighted by molar-refractivity contribution is -0.136. The number of aromatic nitrogens is 2. The van der Waals surface area contributed by atoms with E-state index >= 15 is 0 Å². The molecule has 0 saturated heterocycles. The van der Waals surface area contributed by atoms with E-state index < -0.39 is 0 Å². The van der Waals surface area contributed by atoms with Crippen LogP contribution in [0.3, 0.4) is 0 Å². The van der Waals surface area contributed by atoms with Gasteiger partial charge in [0.05, 0.1) is 0 Å². The summed E-state index contributed by atoms with van der Waals surface area (Å²) in [6, 6.07) is 0. The molecule has 1 heterocycles. The van der Waals surface area contributed by atoms with Crippen molar-refractivity contribution in [1.29, 1.82) is 0 Å². The summed E-state index contributed by atoms with van der Waals surface area (Å²) >= 11 is 1.50. The zero-order chi connectivity index (χ0) is 14.4. The van der Waals surface area contributed by atoms with Gasteiger partial charge in [0.15, 0.2) is 0 Å². The smallest absolute Gasteiger partial charge is 0.229 e. The maximum Gasteiger partial charge on any atom is 0.229 e. The average molecular weight is 305 g/mol. The quantitative estimate of drug-likeness (QED) is 0.932. The van der Waals surface area contributed by atoms with E-state index in [0.29, 0.717) is 16.8 Å². The molecule has 2 atom stereocenters. The normalized spacial score (nSPS) is 32.0. The van der Waals surface area contributed by atoms with E-state index in [9.17, 15) is 9.59 Å². The van der Waals surface area contributed by atoms with Crippen LogP contribution in [0.2, 0.25) is 0 Å². The molecule has 2 bridgehead atoms. The Bertz CT molecular complexity index is 565.